The molecule has 0 aliphatic heterocycles. The molecule has 158 valence electrons. The van der Waals surface area contributed by atoms with Crippen LogP contribution in [0.2, 0.25) is 5.02 Å². The number of carbonyl (C=O) groups excluding carboxylic acids is 1. The summed E-state index contributed by atoms with van der Waals surface area (Å²) >= 11 is 7.31. The summed E-state index contributed by atoms with van der Waals surface area (Å²) in [6.07, 6.45) is 3.38. The molecule has 2 heterocycles. The van der Waals surface area contributed by atoms with Crippen molar-refractivity contribution in [1.29, 1.82) is 0 Å². The molecule has 1 amide bonds. The van der Waals surface area contributed by atoms with Gasteiger partial charge in [0.1, 0.15) is 12.4 Å². The normalized spacial score (nSPS) is 10.8. The second-order valence-corrected chi connectivity index (χ2v) is 8.73. The second kappa shape index (κ2) is 9.37. The lowest BCUT2D eigenvalue weighted by Gasteiger charge is -2.09. The fraction of sp³-hybridized carbons (Fsp3) is 0.167. The number of anilines is 1. The Labute approximate surface area is 190 Å². The molecule has 7 heteroatoms. The first-order valence-electron chi connectivity index (χ1n) is 9.82. The summed E-state index contributed by atoms with van der Waals surface area (Å²) in [5.41, 5.74) is 5.04. The van der Waals surface area contributed by atoms with Gasteiger partial charge in [0.05, 0.1) is 22.6 Å². The lowest BCUT2D eigenvalue weighted by molar-refractivity contribution is 0.103. The standard InChI is InChI=1S/C24H22ClN3O2S/c1-16-3-4-17(2)22(9-16)30-14-19-10-23(31-15-19)24(29)27-21-7-5-18(6-8-21)12-28-13-20(25)11-26-28/h3-11,13,15H,12,14H2,1-2H3,(H,27,29). The molecule has 4 aromatic rings. The minimum absolute atomic E-state index is 0.130. The Balaban J connectivity index is 1.33. The van der Waals surface area contributed by atoms with Gasteiger partial charge in [-0.2, -0.15) is 5.10 Å². The molecule has 2 aromatic heterocycles. The number of benzene rings is 2. The minimum Gasteiger partial charge on any atom is -0.489 e. The summed E-state index contributed by atoms with van der Waals surface area (Å²) in [5, 5.41) is 9.68. The van der Waals surface area contributed by atoms with Crippen molar-refractivity contribution >= 4 is 34.5 Å². The van der Waals surface area contributed by atoms with Gasteiger partial charge >= 0.3 is 0 Å². The van der Waals surface area contributed by atoms with Gasteiger partial charge in [-0.05, 0) is 60.2 Å². The van der Waals surface area contributed by atoms with Gasteiger partial charge in [0.2, 0.25) is 0 Å². The minimum atomic E-state index is -0.130. The number of amides is 1. The molecule has 0 aliphatic carbocycles. The van der Waals surface area contributed by atoms with Crippen molar-refractivity contribution in [2.75, 3.05) is 5.32 Å². The largest absolute Gasteiger partial charge is 0.489 e. The van der Waals surface area contributed by atoms with Crippen LogP contribution in [0, 0.1) is 13.8 Å². The topological polar surface area (TPSA) is 56.1 Å². The molecule has 0 bridgehead atoms. The third kappa shape index (κ3) is 5.54. The molecule has 1 N–H and O–H groups in total. The fourth-order valence-corrected chi connectivity index (χ4v) is 4.04. The molecule has 31 heavy (non-hydrogen) atoms. The third-order valence-corrected chi connectivity index (χ3v) is 5.95. The van der Waals surface area contributed by atoms with Gasteiger partial charge in [-0.15, -0.1) is 11.3 Å². The molecule has 2 aromatic carbocycles. The highest BCUT2D eigenvalue weighted by molar-refractivity contribution is 7.12. The third-order valence-electron chi connectivity index (χ3n) is 4.77. The first-order valence-corrected chi connectivity index (χ1v) is 11.1. The van der Waals surface area contributed by atoms with E-state index in [0.717, 1.165) is 33.7 Å². The van der Waals surface area contributed by atoms with E-state index in [9.17, 15) is 4.79 Å². The zero-order valence-corrected chi connectivity index (χ0v) is 18.8. The number of hydrogen-bond donors (Lipinski definition) is 1. The summed E-state index contributed by atoms with van der Waals surface area (Å²) in [6, 6.07) is 15.7. The maximum absolute atomic E-state index is 12.6. The first-order chi connectivity index (χ1) is 15.0. The van der Waals surface area contributed by atoms with Crippen molar-refractivity contribution in [1.82, 2.24) is 9.78 Å². The van der Waals surface area contributed by atoms with Gasteiger partial charge in [0.15, 0.2) is 0 Å². The Morgan fingerprint density at radius 1 is 1.13 bits per heavy atom. The van der Waals surface area contributed by atoms with Crippen LogP contribution >= 0.6 is 22.9 Å². The van der Waals surface area contributed by atoms with Gasteiger partial charge in [-0.1, -0.05) is 35.9 Å². The summed E-state index contributed by atoms with van der Waals surface area (Å²) < 4.78 is 7.71. The molecule has 0 saturated carbocycles. The van der Waals surface area contributed by atoms with Crippen molar-refractivity contribution in [3.8, 4) is 5.75 Å². The highest BCUT2D eigenvalue weighted by Gasteiger charge is 2.11. The molecular weight excluding hydrogens is 430 g/mol. The number of aromatic nitrogens is 2. The van der Waals surface area contributed by atoms with Gasteiger partial charge in [0, 0.05) is 17.4 Å². The van der Waals surface area contributed by atoms with Crippen molar-refractivity contribution in [3.05, 3.63) is 98.5 Å². The number of halogens is 1. The number of nitrogens with one attached hydrogen (secondary N) is 1. The van der Waals surface area contributed by atoms with Crippen LogP contribution in [0.4, 0.5) is 5.69 Å². The van der Waals surface area contributed by atoms with E-state index in [1.807, 2.05) is 61.7 Å². The summed E-state index contributed by atoms with van der Waals surface area (Å²) in [5.74, 6) is 0.740. The Morgan fingerprint density at radius 3 is 2.68 bits per heavy atom. The van der Waals surface area contributed by atoms with E-state index in [1.165, 1.54) is 11.3 Å². The summed E-state index contributed by atoms with van der Waals surface area (Å²) in [4.78, 5) is 13.3. The number of hydrogen-bond acceptors (Lipinski definition) is 4. The van der Waals surface area contributed by atoms with Crippen molar-refractivity contribution in [2.24, 2.45) is 0 Å². The number of aryl methyl sites for hydroxylation is 2. The average molecular weight is 452 g/mol. The zero-order valence-electron chi connectivity index (χ0n) is 17.3. The first kappa shape index (κ1) is 21.2. The molecule has 0 radical (unpaired) electrons. The predicted octanol–water partition coefficient (Wildman–Crippen LogP) is 6.09. The molecule has 0 atom stereocenters. The number of ether oxygens (including phenoxy) is 1. The molecule has 5 nitrogen and oxygen atoms in total. The quantitative estimate of drug-likeness (QED) is 0.369. The zero-order chi connectivity index (χ0) is 21.8. The molecular formula is C24H22ClN3O2S. The maximum atomic E-state index is 12.6. The number of rotatable bonds is 7. The van der Waals surface area contributed by atoms with Crippen LogP contribution in [0.1, 0.15) is 31.9 Å². The van der Waals surface area contributed by atoms with E-state index in [4.69, 9.17) is 16.3 Å². The number of thiophene rings is 1. The van der Waals surface area contributed by atoms with E-state index in [0.29, 0.717) is 23.1 Å². The van der Waals surface area contributed by atoms with Crippen molar-refractivity contribution < 1.29 is 9.53 Å². The SMILES string of the molecule is Cc1ccc(C)c(OCc2csc(C(=O)Nc3ccc(Cn4cc(Cl)cn4)cc3)c2)c1. The summed E-state index contributed by atoms with van der Waals surface area (Å²) in [6.45, 7) is 5.12. The molecule has 0 saturated heterocycles. The number of nitrogens with zero attached hydrogens (tertiary/aromatic N) is 2. The van der Waals surface area contributed by atoms with Crippen molar-refractivity contribution in [3.63, 3.8) is 0 Å². The number of carbonyl (C=O) groups is 1. The molecule has 0 unspecified atom stereocenters. The van der Waals surface area contributed by atoms with E-state index >= 15 is 0 Å². The Morgan fingerprint density at radius 2 is 1.94 bits per heavy atom. The van der Waals surface area contributed by atoms with E-state index in [1.54, 1.807) is 17.1 Å². The van der Waals surface area contributed by atoms with Gasteiger partial charge < -0.3 is 10.1 Å². The van der Waals surface area contributed by atoms with Gasteiger partial charge in [-0.3, -0.25) is 9.48 Å². The van der Waals surface area contributed by atoms with Crippen LogP contribution < -0.4 is 10.1 Å². The Bertz CT molecular complexity index is 1200. The van der Waals surface area contributed by atoms with Crippen molar-refractivity contribution in [2.45, 2.75) is 27.0 Å². The van der Waals surface area contributed by atoms with Gasteiger partial charge in [0.25, 0.3) is 5.91 Å². The lowest BCUT2D eigenvalue weighted by Crippen LogP contribution is -2.10. The van der Waals surface area contributed by atoms with Crippen LogP contribution in [0.15, 0.2) is 66.3 Å². The molecule has 0 aliphatic rings. The molecule has 4 rings (SSSR count). The van der Waals surface area contributed by atoms with Crippen LogP contribution in [0.5, 0.6) is 5.75 Å². The van der Waals surface area contributed by atoms with Crippen LogP contribution in [-0.2, 0) is 13.2 Å². The van der Waals surface area contributed by atoms with E-state index in [-0.39, 0.29) is 5.91 Å². The molecule has 0 fully saturated rings. The van der Waals surface area contributed by atoms with E-state index < -0.39 is 0 Å². The van der Waals surface area contributed by atoms with Crippen LogP contribution in [0.3, 0.4) is 0 Å². The average Bonchev–Trinajstić information content (AvgIpc) is 3.39. The second-order valence-electron chi connectivity index (χ2n) is 7.38. The Kier molecular flexibility index (Phi) is 6.39. The monoisotopic (exact) mass is 451 g/mol. The highest BCUT2D eigenvalue weighted by atomic mass is 35.5. The van der Waals surface area contributed by atoms with Gasteiger partial charge in [-0.25, -0.2) is 0 Å². The summed E-state index contributed by atoms with van der Waals surface area (Å²) in [7, 11) is 0. The van der Waals surface area contributed by atoms with Crippen LogP contribution in [0.25, 0.3) is 0 Å². The van der Waals surface area contributed by atoms with E-state index in [2.05, 4.69) is 16.5 Å². The molecule has 0 spiro atoms. The highest BCUT2D eigenvalue weighted by Crippen LogP contribution is 2.23. The predicted molar refractivity (Wildman–Crippen MR) is 125 cm³/mol. The Hall–Kier alpha value is -3.09. The van der Waals surface area contributed by atoms with Crippen LogP contribution in [-0.4, -0.2) is 15.7 Å². The maximum Gasteiger partial charge on any atom is 0.265 e. The fourth-order valence-electron chi connectivity index (χ4n) is 3.09. The lowest BCUT2D eigenvalue weighted by atomic mass is 10.1. The smallest absolute Gasteiger partial charge is 0.265 e.